The van der Waals surface area contributed by atoms with Crippen LogP contribution in [0.2, 0.25) is 0 Å². The molecule has 8 heteroatoms. The first-order valence-corrected chi connectivity index (χ1v) is 17.2. The van der Waals surface area contributed by atoms with Crippen molar-refractivity contribution in [1.82, 2.24) is 25.3 Å². The van der Waals surface area contributed by atoms with Gasteiger partial charge >= 0.3 is 0 Å². The van der Waals surface area contributed by atoms with Gasteiger partial charge in [-0.15, -0.1) is 0 Å². The Morgan fingerprint density at radius 2 is 1.67 bits per heavy atom. The van der Waals surface area contributed by atoms with Crippen LogP contribution >= 0.6 is 0 Å². The number of hydrogen-bond acceptors (Lipinski definition) is 5. The van der Waals surface area contributed by atoms with E-state index in [0.29, 0.717) is 29.8 Å². The Labute approximate surface area is 275 Å². The van der Waals surface area contributed by atoms with Crippen LogP contribution in [0.3, 0.4) is 0 Å². The van der Waals surface area contributed by atoms with Crippen molar-refractivity contribution in [2.75, 3.05) is 66.5 Å². The molecule has 3 aromatic rings. The molecule has 0 aromatic heterocycles. The second-order valence-corrected chi connectivity index (χ2v) is 13.6. The van der Waals surface area contributed by atoms with E-state index < -0.39 is 0 Å². The Bertz CT molecular complexity index is 1420. The number of nitrogens with one attached hydrogen (secondary N) is 3. The number of carbonyl (C=O) groups is 1. The van der Waals surface area contributed by atoms with Gasteiger partial charge in [0.15, 0.2) is 0 Å². The molecule has 2 saturated heterocycles. The minimum Gasteiger partial charge on any atom is -0.348 e. The smallest absolute Gasteiger partial charge is 0.251 e. The highest BCUT2D eigenvalue weighted by molar-refractivity contribution is 5.94. The number of quaternary nitrogens is 1. The van der Waals surface area contributed by atoms with E-state index in [-0.39, 0.29) is 11.7 Å². The Balaban J connectivity index is 1.15. The molecule has 248 valence electrons. The average molecular weight is 630 g/mol. The van der Waals surface area contributed by atoms with Gasteiger partial charge in [-0.1, -0.05) is 43.3 Å². The number of hydrogen-bond donors (Lipinski definition) is 3. The number of halogens is 1. The van der Waals surface area contributed by atoms with E-state index in [9.17, 15) is 4.79 Å². The largest absolute Gasteiger partial charge is 0.348 e. The van der Waals surface area contributed by atoms with Gasteiger partial charge in [-0.05, 0) is 65.9 Å². The molecule has 0 saturated carbocycles. The first-order valence-electron chi connectivity index (χ1n) is 17.2. The Kier molecular flexibility index (Phi) is 12.4. The maximum absolute atomic E-state index is 15.0. The summed E-state index contributed by atoms with van der Waals surface area (Å²) in [6, 6.07) is 22.4. The van der Waals surface area contributed by atoms with Crippen molar-refractivity contribution in [2.24, 2.45) is 0 Å². The minimum absolute atomic E-state index is 0.112. The molecule has 0 spiro atoms. The zero-order valence-corrected chi connectivity index (χ0v) is 28.3. The summed E-state index contributed by atoms with van der Waals surface area (Å²) < 4.78 is 15.0. The first-order chi connectivity index (χ1) is 22.3. The summed E-state index contributed by atoms with van der Waals surface area (Å²) >= 11 is 0. The molecule has 3 N–H and O–H groups in total. The SMILES string of the molecule is CCC(CC[NH+](C)C)N1CCN(Cc2cccc(C(=O)NCc3ccc(F)c(-c4cccc(CN5CCNC(C)C5)c4)c3)c2)CC1. The van der Waals surface area contributed by atoms with Crippen LogP contribution in [0.15, 0.2) is 66.7 Å². The second kappa shape index (κ2) is 16.6. The molecule has 2 atom stereocenters. The van der Waals surface area contributed by atoms with Gasteiger partial charge < -0.3 is 15.5 Å². The van der Waals surface area contributed by atoms with Crippen LogP contribution in [0.25, 0.3) is 11.1 Å². The van der Waals surface area contributed by atoms with Crippen molar-refractivity contribution in [3.63, 3.8) is 0 Å². The quantitative estimate of drug-likeness (QED) is 0.270. The van der Waals surface area contributed by atoms with Crippen LogP contribution in [0.1, 0.15) is 53.7 Å². The predicted octanol–water partition coefficient (Wildman–Crippen LogP) is 3.65. The molecule has 46 heavy (non-hydrogen) atoms. The third kappa shape index (κ3) is 9.69. The van der Waals surface area contributed by atoms with Crippen molar-refractivity contribution in [2.45, 2.75) is 58.4 Å². The van der Waals surface area contributed by atoms with Crippen molar-refractivity contribution in [3.8, 4) is 11.1 Å². The highest BCUT2D eigenvalue weighted by atomic mass is 19.1. The first kappa shape index (κ1) is 34.2. The molecule has 0 radical (unpaired) electrons. The molecule has 0 aliphatic carbocycles. The van der Waals surface area contributed by atoms with Gasteiger partial charge in [0.1, 0.15) is 5.82 Å². The van der Waals surface area contributed by atoms with E-state index in [1.54, 1.807) is 6.07 Å². The summed E-state index contributed by atoms with van der Waals surface area (Å²) in [6.45, 7) is 15.1. The van der Waals surface area contributed by atoms with Gasteiger partial charge in [0.05, 0.1) is 20.6 Å². The Morgan fingerprint density at radius 1 is 0.935 bits per heavy atom. The number of benzene rings is 3. The van der Waals surface area contributed by atoms with Crippen LogP contribution in [-0.4, -0.2) is 99.1 Å². The second-order valence-electron chi connectivity index (χ2n) is 13.6. The van der Waals surface area contributed by atoms with Crippen LogP contribution in [-0.2, 0) is 19.6 Å². The number of rotatable bonds is 13. The Morgan fingerprint density at radius 3 is 2.41 bits per heavy atom. The molecular weight excluding hydrogens is 575 g/mol. The molecule has 7 nitrogen and oxygen atoms in total. The van der Waals surface area contributed by atoms with Gasteiger partial charge in [-0.3, -0.25) is 19.5 Å². The molecule has 2 aliphatic heterocycles. The maximum Gasteiger partial charge on any atom is 0.251 e. The summed E-state index contributed by atoms with van der Waals surface area (Å²) in [4.78, 5) is 22.3. The maximum atomic E-state index is 15.0. The lowest BCUT2D eigenvalue weighted by Crippen LogP contribution is -3.05. The lowest BCUT2D eigenvalue weighted by atomic mass is 10.00. The highest BCUT2D eigenvalue weighted by Crippen LogP contribution is 2.26. The van der Waals surface area contributed by atoms with Crippen LogP contribution in [0.4, 0.5) is 4.39 Å². The van der Waals surface area contributed by atoms with E-state index in [1.165, 1.54) is 35.9 Å². The van der Waals surface area contributed by atoms with Gasteiger partial charge in [0.25, 0.3) is 5.91 Å². The fraction of sp³-hybridized carbons (Fsp3) is 0.500. The normalized spacial score (nSPS) is 19.0. The molecule has 1 amide bonds. The van der Waals surface area contributed by atoms with Crippen LogP contribution in [0, 0.1) is 5.82 Å². The summed E-state index contributed by atoms with van der Waals surface area (Å²) in [7, 11) is 4.46. The number of piperazine rings is 2. The van der Waals surface area contributed by atoms with Gasteiger partial charge in [0.2, 0.25) is 0 Å². The summed E-state index contributed by atoms with van der Waals surface area (Å²) in [6.07, 6.45) is 2.45. The molecule has 2 fully saturated rings. The molecular formula is C38H54FN6O+. The third-order valence-electron chi connectivity index (χ3n) is 9.55. The number of nitrogens with zero attached hydrogens (tertiary/aromatic N) is 3. The molecule has 3 aromatic carbocycles. The predicted molar refractivity (Wildman–Crippen MR) is 185 cm³/mol. The zero-order valence-electron chi connectivity index (χ0n) is 28.3. The van der Waals surface area contributed by atoms with Crippen molar-refractivity contribution >= 4 is 5.91 Å². The Hall–Kier alpha value is -3.14. The van der Waals surface area contributed by atoms with E-state index in [1.807, 2.05) is 36.4 Å². The van der Waals surface area contributed by atoms with Crippen LogP contribution in [0.5, 0.6) is 0 Å². The summed E-state index contributed by atoms with van der Waals surface area (Å²) in [5.41, 5.74) is 5.29. The fourth-order valence-electron chi connectivity index (χ4n) is 6.90. The van der Waals surface area contributed by atoms with E-state index in [4.69, 9.17) is 0 Å². The average Bonchev–Trinajstić information content (AvgIpc) is 3.05. The fourth-order valence-corrected chi connectivity index (χ4v) is 6.90. The number of amides is 1. The zero-order chi connectivity index (χ0) is 32.5. The third-order valence-corrected chi connectivity index (χ3v) is 9.55. The molecule has 2 unspecified atom stereocenters. The van der Waals surface area contributed by atoms with Gasteiger partial charge in [-0.2, -0.15) is 0 Å². The minimum atomic E-state index is -0.253. The number of carbonyl (C=O) groups excluding carboxylic acids is 1. The van der Waals surface area contributed by atoms with E-state index in [0.717, 1.165) is 75.6 Å². The standard InChI is InChI=1S/C38H53FN6O/c1-5-35(14-16-42(3)4)45-20-18-43(19-21-45)27-32-9-7-11-34(23-32)38(46)41-25-30-12-13-37(39)36(24-30)33-10-6-8-31(22-33)28-44-17-15-40-29(2)26-44/h6-13,22-24,29,35,40H,5,14-21,25-28H2,1-4H3,(H,41,46)/p+1. The van der Waals surface area contributed by atoms with Crippen LogP contribution < -0.4 is 15.5 Å². The summed E-state index contributed by atoms with van der Waals surface area (Å²) in [5.74, 6) is -0.366. The lowest BCUT2D eigenvalue weighted by Gasteiger charge is -2.39. The van der Waals surface area contributed by atoms with E-state index >= 15 is 4.39 Å². The van der Waals surface area contributed by atoms with Gasteiger partial charge in [-0.25, -0.2) is 4.39 Å². The topological polar surface area (TPSA) is 55.3 Å². The van der Waals surface area contributed by atoms with Crippen molar-refractivity contribution < 1.29 is 14.1 Å². The van der Waals surface area contributed by atoms with E-state index in [2.05, 4.69) is 71.5 Å². The lowest BCUT2D eigenvalue weighted by molar-refractivity contribution is -0.858. The van der Waals surface area contributed by atoms with Gasteiger partial charge in [0, 0.05) is 95.1 Å². The molecule has 5 rings (SSSR count). The highest BCUT2D eigenvalue weighted by Gasteiger charge is 2.23. The molecule has 0 bridgehead atoms. The monoisotopic (exact) mass is 629 g/mol. The molecule has 2 heterocycles. The summed E-state index contributed by atoms with van der Waals surface area (Å²) in [5, 5.41) is 6.55. The molecule has 2 aliphatic rings. The van der Waals surface area contributed by atoms with Crippen molar-refractivity contribution in [3.05, 3.63) is 94.8 Å². The van der Waals surface area contributed by atoms with Crippen molar-refractivity contribution in [1.29, 1.82) is 0 Å².